The molecule has 8 heteroatoms. The predicted molar refractivity (Wildman–Crippen MR) is 84.2 cm³/mol. The summed E-state index contributed by atoms with van der Waals surface area (Å²) in [5.74, 6) is -1.14. The Labute approximate surface area is 132 Å². The van der Waals surface area contributed by atoms with E-state index in [1.165, 1.54) is 0 Å². The maximum absolute atomic E-state index is 11.7. The topological polar surface area (TPSA) is 105 Å². The number of hydrogen-bond acceptors (Lipinski definition) is 5. The molecule has 0 saturated carbocycles. The average molecular weight is 337 g/mol. The average Bonchev–Trinajstić information content (AvgIpc) is 3.27. The van der Waals surface area contributed by atoms with Crippen molar-refractivity contribution in [2.75, 3.05) is 24.3 Å². The number of nitrogens with one attached hydrogen (secondary N) is 1. The minimum absolute atomic E-state index is 0.128. The first-order valence-electron chi connectivity index (χ1n) is 6.93. The van der Waals surface area contributed by atoms with Gasteiger partial charge in [-0.25, -0.2) is 0 Å². The van der Waals surface area contributed by atoms with Crippen molar-refractivity contribution in [1.29, 1.82) is 0 Å². The van der Waals surface area contributed by atoms with Gasteiger partial charge in [0.25, 0.3) is 10.1 Å². The van der Waals surface area contributed by atoms with Crippen LogP contribution in [0.5, 0.6) is 5.75 Å². The van der Waals surface area contributed by atoms with Gasteiger partial charge in [0.1, 0.15) is 18.5 Å². The summed E-state index contributed by atoms with van der Waals surface area (Å²) < 4.78 is 41.1. The van der Waals surface area contributed by atoms with Crippen LogP contribution in [-0.4, -0.2) is 43.9 Å². The molecule has 0 aromatic heterocycles. The van der Waals surface area contributed by atoms with Gasteiger partial charge in [0.2, 0.25) is 5.91 Å². The van der Waals surface area contributed by atoms with Gasteiger partial charge in [0.05, 0.1) is 6.61 Å². The quantitative estimate of drug-likeness (QED) is 0.610. The fourth-order valence-corrected chi connectivity index (χ4v) is 2.62. The molecule has 0 bridgehead atoms. The number of benzene rings is 2. The number of anilines is 1. The number of ether oxygens (including phenoxy) is 2. The predicted octanol–water partition coefficient (Wildman–Crippen LogP) is 1.44. The van der Waals surface area contributed by atoms with Crippen LogP contribution in [0.25, 0.3) is 10.8 Å². The highest BCUT2D eigenvalue weighted by Crippen LogP contribution is 2.31. The van der Waals surface area contributed by atoms with Crippen molar-refractivity contribution in [3.63, 3.8) is 0 Å². The highest BCUT2D eigenvalue weighted by atomic mass is 32.2. The summed E-state index contributed by atoms with van der Waals surface area (Å²) in [5.41, 5.74) is 0.448. The lowest BCUT2D eigenvalue weighted by Gasteiger charge is -2.12. The van der Waals surface area contributed by atoms with E-state index in [1.807, 2.05) is 12.1 Å². The molecular weight excluding hydrogens is 322 g/mol. The van der Waals surface area contributed by atoms with Crippen LogP contribution >= 0.6 is 0 Å². The summed E-state index contributed by atoms with van der Waals surface area (Å²) in [6.45, 7) is 1.15. The third-order valence-electron chi connectivity index (χ3n) is 3.30. The Morgan fingerprint density at radius 2 is 1.96 bits per heavy atom. The van der Waals surface area contributed by atoms with E-state index in [4.69, 9.17) is 14.0 Å². The van der Waals surface area contributed by atoms with Crippen LogP contribution in [0.3, 0.4) is 0 Å². The van der Waals surface area contributed by atoms with Crippen LogP contribution in [0.15, 0.2) is 36.4 Å². The lowest BCUT2D eigenvalue weighted by Crippen LogP contribution is -2.22. The van der Waals surface area contributed by atoms with Gasteiger partial charge in [-0.1, -0.05) is 24.3 Å². The van der Waals surface area contributed by atoms with Gasteiger partial charge >= 0.3 is 0 Å². The van der Waals surface area contributed by atoms with E-state index in [0.717, 1.165) is 5.39 Å². The highest BCUT2D eigenvalue weighted by molar-refractivity contribution is 7.86. The third kappa shape index (κ3) is 4.19. The minimum Gasteiger partial charge on any atom is -0.490 e. The molecule has 1 amide bonds. The molecule has 0 aliphatic carbocycles. The molecule has 1 saturated heterocycles. The maximum Gasteiger partial charge on any atom is 0.274 e. The summed E-state index contributed by atoms with van der Waals surface area (Å²) in [6, 6.07) is 10.6. The van der Waals surface area contributed by atoms with Crippen molar-refractivity contribution in [3.8, 4) is 5.75 Å². The number of amides is 1. The molecule has 2 aromatic carbocycles. The van der Waals surface area contributed by atoms with Gasteiger partial charge in [-0.3, -0.25) is 9.35 Å². The number of carbonyl (C=O) groups excluding carboxylic acids is 1. The van der Waals surface area contributed by atoms with Crippen LogP contribution in [0, 0.1) is 0 Å². The first kappa shape index (κ1) is 15.7. The lowest BCUT2D eigenvalue weighted by atomic mass is 10.1. The fraction of sp³-hybridized carbons (Fsp3) is 0.267. The normalized spacial score (nSPS) is 17.0. The zero-order valence-electron chi connectivity index (χ0n) is 12.1. The Morgan fingerprint density at radius 1 is 1.26 bits per heavy atom. The Balaban J connectivity index is 1.85. The van der Waals surface area contributed by atoms with E-state index in [2.05, 4.69) is 5.32 Å². The van der Waals surface area contributed by atoms with Crippen molar-refractivity contribution in [3.05, 3.63) is 36.4 Å². The van der Waals surface area contributed by atoms with E-state index >= 15 is 0 Å². The molecule has 1 fully saturated rings. The molecule has 7 nitrogen and oxygen atoms in total. The molecule has 2 N–H and O–H groups in total. The number of carbonyl (C=O) groups is 1. The molecule has 23 heavy (non-hydrogen) atoms. The second-order valence-electron chi connectivity index (χ2n) is 5.20. The molecule has 1 heterocycles. The number of hydrogen-bond donors (Lipinski definition) is 2. The van der Waals surface area contributed by atoms with Gasteiger partial charge in [0.15, 0.2) is 5.75 Å². The molecule has 0 spiro atoms. The standard InChI is InChI=1S/C15H15NO6S/c17-15(9-23(18,19)20)16-13-5-1-4-12-11(13)3-2-6-14(12)22-8-10-7-21-10/h1-6,10H,7-9H2,(H,16,17)(H,18,19,20). The first-order chi connectivity index (χ1) is 10.9. The van der Waals surface area contributed by atoms with Crippen molar-refractivity contribution < 1.29 is 27.2 Å². The smallest absolute Gasteiger partial charge is 0.274 e. The molecule has 1 aliphatic heterocycles. The maximum atomic E-state index is 11.7. The molecular formula is C15H15NO6S. The van der Waals surface area contributed by atoms with Gasteiger partial charge in [-0.2, -0.15) is 8.42 Å². The Kier molecular flexibility index (Phi) is 4.20. The van der Waals surface area contributed by atoms with E-state index < -0.39 is 21.8 Å². The van der Waals surface area contributed by atoms with Crippen LogP contribution < -0.4 is 10.1 Å². The van der Waals surface area contributed by atoms with Crippen LogP contribution in [-0.2, 0) is 19.6 Å². The van der Waals surface area contributed by atoms with Crippen molar-refractivity contribution >= 4 is 32.5 Å². The Hall–Kier alpha value is -2.16. The van der Waals surface area contributed by atoms with E-state index in [1.54, 1.807) is 24.3 Å². The van der Waals surface area contributed by atoms with Gasteiger partial charge in [0, 0.05) is 16.5 Å². The largest absolute Gasteiger partial charge is 0.490 e. The second kappa shape index (κ2) is 6.15. The summed E-state index contributed by atoms with van der Waals surface area (Å²) >= 11 is 0. The van der Waals surface area contributed by atoms with Gasteiger partial charge in [-0.15, -0.1) is 0 Å². The molecule has 3 rings (SSSR count). The second-order valence-corrected chi connectivity index (χ2v) is 6.65. The van der Waals surface area contributed by atoms with Crippen molar-refractivity contribution in [1.82, 2.24) is 0 Å². The van der Waals surface area contributed by atoms with E-state index in [9.17, 15) is 13.2 Å². The summed E-state index contributed by atoms with van der Waals surface area (Å²) in [4.78, 5) is 11.7. The van der Waals surface area contributed by atoms with Crippen molar-refractivity contribution in [2.24, 2.45) is 0 Å². The number of rotatable bonds is 6. The molecule has 2 aromatic rings. The molecule has 122 valence electrons. The zero-order valence-corrected chi connectivity index (χ0v) is 12.9. The number of epoxide rings is 1. The minimum atomic E-state index is -4.37. The third-order valence-corrected chi connectivity index (χ3v) is 3.92. The number of fused-ring (bicyclic) bond motifs is 1. The molecule has 0 radical (unpaired) electrons. The fourth-order valence-electron chi connectivity index (χ4n) is 2.21. The van der Waals surface area contributed by atoms with E-state index in [-0.39, 0.29) is 6.10 Å². The highest BCUT2D eigenvalue weighted by Gasteiger charge is 2.23. The monoisotopic (exact) mass is 337 g/mol. The first-order valence-corrected chi connectivity index (χ1v) is 8.54. The Bertz CT molecular complexity index is 844. The summed E-state index contributed by atoms with van der Waals surface area (Å²) in [7, 11) is -4.37. The van der Waals surface area contributed by atoms with Crippen molar-refractivity contribution in [2.45, 2.75) is 6.10 Å². The van der Waals surface area contributed by atoms with Gasteiger partial charge < -0.3 is 14.8 Å². The molecule has 1 unspecified atom stereocenters. The van der Waals surface area contributed by atoms with E-state index in [0.29, 0.717) is 30.0 Å². The van der Waals surface area contributed by atoms with Crippen LogP contribution in [0.4, 0.5) is 5.69 Å². The van der Waals surface area contributed by atoms with Crippen LogP contribution in [0.1, 0.15) is 0 Å². The molecule has 1 aliphatic rings. The zero-order chi connectivity index (χ0) is 16.4. The summed E-state index contributed by atoms with van der Waals surface area (Å²) in [6.07, 6.45) is 0.128. The summed E-state index contributed by atoms with van der Waals surface area (Å²) in [5, 5.41) is 3.99. The lowest BCUT2D eigenvalue weighted by molar-refractivity contribution is -0.113. The SMILES string of the molecule is O=C(CS(=O)(=O)O)Nc1cccc2c(OCC3CO3)cccc12. The Morgan fingerprint density at radius 3 is 2.65 bits per heavy atom. The van der Waals surface area contributed by atoms with Gasteiger partial charge in [-0.05, 0) is 12.1 Å². The van der Waals surface area contributed by atoms with Crippen LogP contribution in [0.2, 0.25) is 0 Å². The molecule has 1 atom stereocenters.